The quantitative estimate of drug-likeness (QED) is 0.182. The molecule has 0 bridgehead atoms. The fourth-order valence-corrected chi connectivity index (χ4v) is 13.3. The number of allylic oxidation sites excluding steroid dienone is 2. The molecule has 2 heterocycles. The van der Waals surface area contributed by atoms with Crippen LogP contribution in [0.4, 0.5) is 4.39 Å². The maximum absolute atomic E-state index is 16.1. The number of aliphatic hydroxyl groups excluding tert-OH is 4. The molecule has 58 heavy (non-hydrogen) atoms. The molecule has 326 valence electrons. The van der Waals surface area contributed by atoms with Gasteiger partial charge >= 0.3 is 17.9 Å². The molecule has 15 nitrogen and oxygen atoms in total. The lowest BCUT2D eigenvalue weighted by Crippen LogP contribution is -2.68. The predicted octanol–water partition coefficient (Wildman–Crippen LogP) is 3.22. The van der Waals surface area contributed by atoms with Crippen molar-refractivity contribution in [2.75, 3.05) is 0 Å². The van der Waals surface area contributed by atoms with Crippen LogP contribution in [0.5, 0.6) is 0 Å². The van der Waals surface area contributed by atoms with E-state index in [0.717, 1.165) is 24.8 Å². The van der Waals surface area contributed by atoms with Crippen molar-refractivity contribution < 1.29 is 78.3 Å². The summed E-state index contributed by atoms with van der Waals surface area (Å²) < 4.78 is 39.1. The van der Waals surface area contributed by atoms with Crippen molar-refractivity contribution in [2.24, 2.45) is 50.2 Å². The Kier molecular flexibility index (Phi) is 10.7. The molecular formula is C42H61FO15. The van der Waals surface area contributed by atoms with Crippen LogP contribution >= 0.6 is 0 Å². The molecule has 0 radical (unpaired) electrons. The van der Waals surface area contributed by atoms with E-state index in [0.29, 0.717) is 38.5 Å². The minimum Gasteiger partial charge on any atom is -0.481 e. The van der Waals surface area contributed by atoms with Crippen LogP contribution in [0, 0.1) is 50.2 Å². The van der Waals surface area contributed by atoms with Gasteiger partial charge in [-0.1, -0.05) is 47.1 Å². The first-order valence-electron chi connectivity index (χ1n) is 20.7. The Hall–Kier alpha value is -2.57. The van der Waals surface area contributed by atoms with Crippen molar-refractivity contribution in [3.05, 3.63) is 11.6 Å². The second kappa shape index (κ2) is 14.2. The summed E-state index contributed by atoms with van der Waals surface area (Å²) in [6.07, 6.45) is -13.9. The van der Waals surface area contributed by atoms with Gasteiger partial charge in [-0.3, -0.25) is 9.59 Å². The summed E-state index contributed by atoms with van der Waals surface area (Å²) >= 11 is 0. The largest absolute Gasteiger partial charge is 0.481 e. The molecule has 5 aliphatic carbocycles. The second-order valence-corrected chi connectivity index (χ2v) is 20.6. The molecule has 0 amide bonds. The Balaban J connectivity index is 1.17. The van der Waals surface area contributed by atoms with E-state index in [1.54, 1.807) is 0 Å². The van der Waals surface area contributed by atoms with E-state index in [9.17, 15) is 54.9 Å². The Bertz CT molecular complexity index is 1740. The maximum Gasteiger partial charge on any atom is 0.335 e. The minimum atomic E-state index is -2.51. The average Bonchev–Trinajstić information content (AvgIpc) is 3.13. The fraction of sp³-hybridized carbons (Fsp3) is 0.857. The number of aliphatic hydroxyl groups is 4. The number of fused-ring (bicyclic) bond motifs is 7. The molecule has 19 atom stereocenters. The number of carboxylic acids is 3. The molecule has 7 rings (SSSR count). The SMILES string of the molecule is CC1(C)[C@@H](O[C@@H]2O[C@H](C(=O)O)[C@@H](O)[C@H](F)[C@H]2O[C@H]2O[C@H](C(=O)O)[C@@H](O)[C@H](O)[C@H]2O)CC[C@]2(C)[C@H]3C(=O)C=C4[C@@H]5C[C@@](C)(C(=O)O)CC[C@]5(C)CC[C@@]4(C)[C@]3(C)CC[C@@H]12. The number of aliphatic carboxylic acids is 3. The van der Waals surface area contributed by atoms with Gasteiger partial charge in [0.2, 0.25) is 0 Å². The maximum atomic E-state index is 16.1. The Morgan fingerprint density at radius 2 is 1.34 bits per heavy atom. The number of ether oxygens (including phenoxy) is 4. The van der Waals surface area contributed by atoms with Gasteiger partial charge in [-0.05, 0) is 110 Å². The van der Waals surface area contributed by atoms with E-state index in [-0.39, 0.29) is 34.4 Å². The van der Waals surface area contributed by atoms with Crippen molar-refractivity contribution in [2.45, 2.75) is 174 Å². The van der Waals surface area contributed by atoms with Gasteiger partial charge in [0, 0.05) is 5.92 Å². The van der Waals surface area contributed by atoms with E-state index in [4.69, 9.17) is 18.9 Å². The molecule has 7 N–H and O–H groups in total. The van der Waals surface area contributed by atoms with Gasteiger partial charge in [-0.2, -0.15) is 0 Å². The zero-order valence-corrected chi connectivity index (χ0v) is 34.3. The molecule has 7 aliphatic rings. The summed E-state index contributed by atoms with van der Waals surface area (Å²) in [4.78, 5) is 51.2. The van der Waals surface area contributed by atoms with E-state index < -0.39 is 107 Å². The van der Waals surface area contributed by atoms with Crippen molar-refractivity contribution in [1.29, 1.82) is 0 Å². The van der Waals surface area contributed by atoms with Crippen LogP contribution in [0.15, 0.2) is 11.6 Å². The van der Waals surface area contributed by atoms with Gasteiger partial charge < -0.3 is 54.7 Å². The first-order valence-corrected chi connectivity index (χ1v) is 20.7. The Labute approximate surface area is 337 Å². The number of ketones is 1. The molecule has 0 aromatic heterocycles. The zero-order chi connectivity index (χ0) is 42.9. The standard InChI is InChI=1S/C42H61FO15/c1-37(2)21-8-11-42(7)31(20(44)16-18-19-17-39(4,36(53)54)13-12-38(19,3)14-15-41(18,42)6)40(21,5)10-9-22(37)55-35-28(23(43)24(45)29(58-35)32(49)50)56-34-27(48)25(46)26(47)30(57-34)33(51)52/h16,19,21-31,34-35,45-48H,8-15,17H2,1-7H3,(H,49,50)(H,51,52)(H,53,54)/t19-,21-,22-,23-,24-,25-,26-,27+,28+,29-,30-,31+,34-,35+,38+,39-,40-,41+,42+/m0/s1. The number of hydrogen-bond acceptors (Lipinski definition) is 12. The molecule has 2 aliphatic heterocycles. The van der Waals surface area contributed by atoms with Crippen molar-refractivity contribution >= 4 is 23.7 Å². The van der Waals surface area contributed by atoms with Crippen LogP contribution in [0.1, 0.15) is 106 Å². The van der Waals surface area contributed by atoms with Crippen LogP contribution in [0.2, 0.25) is 0 Å². The normalized spacial score (nSPS) is 52.6. The van der Waals surface area contributed by atoms with Gasteiger partial charge in [-0.25, -0.2) is 14.0 Å². The third-order valence-corrected chi connectivity index (χ3v) is 17.2. The Morgan fingerprint density at radius 3 is 1.97 bits per heavy atom. The van der Waals surface area contributed by atoms with Crippen LogP contribution in [-0.4, -0.2) is 127 Å². The lowest BCUT2D eigenvalue weighted by Gasteiger charge is -2.70. The number of halogens is 1. The highest BCUT2D eigenvalue weighted by Gasteiger charge is 2.71. The topological polar surface area (TPSA) is 247 Å². The van der Waals surface area contributed by atoms with Crippen LogP contribution < -0.4 is 0 Å². The van der Waals surface area contributed by atoms with E-state index in [2.05, 4.69) is 27.7 Å². The minimum absolute atomic E-state index is 0.0319. The molecule has 16 heteroatoms. The highest BCUT2D eigenvalue weighted by molar-refractivity contribution is 5.95. The number of rotatable bonds is 7. The van der Waals surface area contributed by atoms with Gasteiger partial charge in [0.1, 0.15) is 30.5 Å². The molecule has 0 unspecified atom stereocenters. The molecule has 0 spiro atoms. The second-order valence-electron chi connectivity index (χ2n) is 20.6. The van der Waals surface area contributed by atoms with E-state index in [1.807, 2.05) is 26.8 Å². The summed E-state index contributed by atoms with van der Waals surface area (Å²) in [6, 6.07) is 0. The molecule has 2 saturated heterocycles. The highest BCUT2D eigenvalue weighted by Crippen LogP contribution is 2.75. The van der Waals surface area contributed by atoms with Crippen molar-refractivity contribution in [1.82, 2.24) is 0 Å². The van der Waals surface area contributed by atoms with Gasteiger partial charge in [-0.15, -0.1) is 0 Å². The van der Waals surface area contributed by atoms with E-state index in [1.165, 1.54) is 0 Å². The third kappa shape index (κ3) is 6.24. The molecule has 6 fully saturated rings. The van der Waals surface area contributed by atoms with Gasteiger partial charge in [0.25, 0.3) is 0 Å². The van der Waals surface area contributed by atoms with Crippen molar-refractivity contribution in [3.8, 4) is 0 Å². The summed E-state index contributed by atoms with van der Waals surface area (Å²) in [6.45, 7) is 14.7. The average molecular weight is 825 g/mol. The monoisotopic (exact) mass is 824 g/mol. The van der Waals surface area contributed by atoms with Crippen LogP contribution in [0.25, 0.3) is 0 Å². The van der Waals surface area contributed by atoms with E-state index >= 15 is 4.39 Å². The summed E-state index contributed by atoms with van der Waals surface area (Å²) in [7, 11) is 0. The fourth-order valence-electron chi connectivity index (χ4n) is 13.3. The lowest BCUT2D eigenvalue weighted by molar-refractivity contribution is -0.366. The number of hydrogen-bond donors (Lipinski definition) is 7. The Morgan fingerprint density at radius 1 is 0.741 bits per heavy atom. The summed E-state index contributed by atoms with van der Waals surface area (Å²) in [5.41, 5.74) is -1.93. The predicted molar refractivity (Wildman–Crippen MR) is 198 cm³/mol. The number of carboxylic acid groups (broad SMARTS) is 3. The number of carbonyl (C=O) groups excluding carboxylic acids is 1. The summed E-state index contributed by atoms with van der Waals surface area (Å²) in [5, 5.41) is 71.4. The van der Waals surface area contributed by atoms with Gasteiger partial charge in [0.05, 0.1) is 11.5 Å². The lowest BCUT2D eigenvalue weighted by atomic mass is 9.33. The number of carbonyl (C=O) groups is 4. The summed E-state index contributed by atoms with van der Waals surface area (Å²) in [5.74, 6) is -4.67. The first kappa shape index (κ1) is 43.5. The van der Waals surface area contributed by atoms with Gasteiger partial charge in [0.15, 0.2) is 36.7 Å². The smallest absolute Gasteiger partial charge is 0.335 e. The molecule has 4 saturated carbocycles. The zero-order valence-electron chi connectivity index (χ0n) is 34.3. The van der Waals surface area contributed by atoms with Crippen LogP contribution in [-0.2, 0) is 38.1 Å². The van der Waals surface area contributed by atoms with Crippen molar-refractivity contribution in [3.63, 3.8) is 0 Å². The third-order valence-electron chi connectivity index (χ3n) is 17.2. The highest BCUT2D eigenvalue weighted by atomic mass is 19.1. The first-order chi connectivity index (χ1) is 26.8. The molecule has 0 aromatic rings. The molecular weight excluding hydrogens is 763 g/mol. The number of alkyl halides is 1. The van der Waals surface area contributed by atoms with Crippen LogP contribution in [0.3, 0.4) is 0 Å². The molecule has 0 aromatic carbocycles.